The lowest BCUT2D eigenvalue weighted by molar-refractivity contribution is -0.144. The van der Waals surface area contributed by atoms with Crippen molar-refractivity contribution in [1.82, 2.24) is 0 Å². The van der Waals surface area contributed by atoms with Crippen molar-refractivity contribution >= 4 is 11.9 Å². The van der Waals surface area contributed by atoms with E-state index >= 15 is 0 Å². The number of hydrogen-bond acceptors (Lipinski definition) is 5. The Kier molecular flexibility index (Phi) is 5.11. The van der Waals surface area contributed by atoms with Crippen molar-refractivity contribution in [3.05, 3.63) is 65.2 Å². The van der Waals surface area contributed by atoms with Gasteiger partial charge in [-0.1, -0.05) is 24.3 Å². The van der Waals surface area contributed by atoms with Crippen LogP contribution < -0.4 is 4.74 Å². The Hall–Kier alpha value is -3.13. The maximum absolute atomic E-state index is 11.4. The van der Waals surface area contributed by atoms with Gasteiger partial charge in [-0.15, -0.1) is 0 Å². The normalized spacial score (nSPS) is 11.2. The van der Waals surface area contributed by atoms with Crippen LogP contribution >= 0.6 is 0 Å². The van der Waals surface area contributed by atoms with E-state index in [1.54, 1.807) is 48.5 Å². The molecule has 0 saturated carbocycles. The zero-order valence-corrected chi connectivity index (χ0v) is 12.8. The lowest BCUT2D eigenvalue weighted by atomic mass is 10.00. The summed E-state index contributed by atoms with van der Waals surface area (Å²) in [5.74, 6) is -0.396. The third-order valence-corrected chi connectivity index (χ3v) is 3.07. The van der Waals surface area contributed by atoms with Crippen LogP contribution in [0.2, 0.25) is 0 Å². The summed E-state index contributed by atoms with van der Waals surface area (Å²) in [6.45, 7) is 2.66. The molecule has 0 spiro atoms. The number of hydrogen-bond donors (Lipinski definition) is 0. The Morgan fingerprint density at radius 3 is 1.87 bits per heavy atom. The molecule has 0 aliphatic carbocycles. The highest BCUT2D eigenvalue weighted by atomic mass is 16.5. The largest absolute Gasteiger partial charge is 0.453 e. The molecule has 2 aromatic rings. The fourth-order valence-electron chi connectivity index (χ4n) is 2.10. The fraction of sp³-hybridized carbons (Fsp3) is 0.167. The second-order valence-corrected chi connectivity index (χ2v) is 4.89. The Balaban J connectivity index is 2.32. The van der Waals surface area contributed by atoms with Crippen molar-refractivity contribution in [2.24, 2.45) is 0 Å². The molecule has 0 heterocycles. The van der Waals surface area contributed by atoms with E-state index in [-0.39, 0.29) is 0 Å². The smallest absolute Gasteiger partial charge is 0.308 e. The van der Waals surface area contributed by atoms with Gasteiger partial charge in [-0.3, -0.25) is 9.59 Å². The summed E-state index contributed by atoms with van der Waals surface area (Å²) in [5, 5.41) is 8.86. The molecule has 1 atom stereocenters. The van der Waals surface area contributed by atoms with Gasteiger partial charge in [0.2, 0.25) is 0 Å². The minimum absolute atomic E-state index is 0.402. The first-order valence-corrected chi connectivity index (χ1v) is 6.95. The third-order valence-electron chi connectivity index (χ3n) is 3.07. The van der Waals surface area contributed by atoms with Gasteiger partial charge in [0.15, 0.2) is 6.10 Å². The molecule has 0 radical (unpaired) electrons. The van der Waals surface area contributed by atoms with Gasteiger partial charge in [-0.05, 0) is 35.4 Å². The highest BCUT2D eigenvalue weighted by Crippen LogP contribution is 2.28. The quantitative estimate of drug-likeness (QED) is 0.640. The molecule has 0 N–H and O–H groups in total. The number of carbonyl (C=O) groups excluding carboxylic acids is 2. The molecule has 23 heavy (non-hydrogen) atoms. The standard InChI is InChI=1S/C18H15NO4/c1-12(20)22-17-9-7-16(8-10-17)18(23-13(2)21)15-5-3-14(11-19)4-6-15/h3-10,18H,1-2H3. The van der Waals surface area contributed by atoms with E-state index in [1.165, 1.54) is 13.8 Å². The number of ether oxygens (including phenoxy) is 2. The SMILES string of the molecule is CC(=O)Oc1ccc(C(OC(C)=O)c2ccc(C#N)cc2)cc1. The van der Waals surface area contributed by atoms with E-state index < -0.39 is 18.0 Å². The third kappa shape index (κ3) is 4.42. The van der Waals surface area contributed by atoms with Crippen LogP contribution in [0.4, 0.5) is 0 Å². The van der Waals surface area contributed by atoms with Gasteiger partial charge in [0.1, 0.15) is 5.75 Å². The van der Waals surface area contributed by atoms with Crippen molar-refractivity contribution in [1.29, 1.82) is 5.26 Å². The predicted molar refractivity (Wildman–Crippen MR) is 82.5 cm³/mol. The van der Waals surface area contributed by atoms with Crippen LogP contribution in [0.3, 0.4) is 0 Å². The number of esters is 2. The second-order valence-electron chi connectivity index (χ2n) is 4.89. The molecule has 2 rings (SSSR count). The summed E-state index contributed by atoms with van der Waals surface area (Å²) in [5.41, 5.74) is 2.01. The van der Waals surface area contributed by atoms with Crippen LogP contribution in [-0.2, 0) is 14.3 Å². The Labute approximate surface area is 134 Å². The number of nitrogens with zero attached hydrogens (tertiary/aromatic N) is 1. The lowest BCUT2D eigenvalue weighted by Gasteiger charge is -2.18. The van der Waals surface area contributed by atoms with Crippen LogP contribution in [0, 0.1) is 11.3 Å². The van der Waals surface area contributed by atoms with Crippen LogP contribution in [0.1, 0.15) is 36.6 Å². The molecule has 1 unspecified atom stereocenters. The van der Waals surface area contributed by atoms with Crippen LogP contribution in [0.25, 0.3) is 0 Å². The van der Waals surface area contributed by atoms with E-state index in [0.717, 1.165) is 11.1 Å². The van der Waals surface area contributed by atoms with Crippen molar-refractivity contribution in [2.45, 2.75) is 20.0 Å². The number of carbonyl (C=O) groups is 2. The van der Waals surface area contributed by atoms with Crippen LogP contribution in [-0.4, -0.2) is 11.9 Å². The van der Waals surface area contributed by atoms with Gasteiger partial charge in [0.25, 0.3) is 0 Å². The zero-order valence-electron chi connectivity index (χ0n) is 12.8. The van der Waals surface area contributed by atoms with Gasteiger partial charge >= 0.3 is 11.9 Å². The summed E-state index contributed by atoms with van der Waals surface area (Å²) in [7, 11) is 0. The molecule has 0 aliphatic rings. The van der Waals surface area contributed by atoms with Crippen LogP contribution in [0.15, 0.2) is 48.5 Å². The van der Waals surface area contributed by atoms with Crippen molar-refractivity contribution in [3.63, 3.8) is 0 Å². The first kappa shape index (κ1) is 16.2. The van der Waals surface area contributed by atoms with Crippen LogP contribution in [0.5, 0.6) is 5.75 Å². The van der Waals surface area contributed by atoms with E-state index in [9.17, 15) is 9.59 Å². The van der Waals surface area contributed by atoms with E-state index in [4.69, 9.17) is 14.7 Å². The monoisotopic (exact) mass is 309 g/mol. The van der Waals surface area contributed by atoms with Gasteiger partial charge in [0.05, 0.1) is 11.6 Å². The zero-order chi connectivity index (χ0) is 16.8. The molecule has 0 fully saturated rings. The van der Waals surface area contributed by atoms with Gasteiger partial charge in [-0.25, -0.2) is 0 Å². The second kappa shape index (κ2) is 7.23. The lowest BCUT2D eigenvalue weighted by Crippen LogP contribution is -2.10. The first-order chi connectivity index (χ1) is 11.0. The summed E-state index contributed by atoms with van der Waals surface area (Å²) >= 11 is 0. The fourth-order valence-corrected chi connectivity index (χ4v) is 2.10. The minimum atomic E-state index is -0.591. The molecular formula is C18H15NO4. The molecule has 2 aromatic carbocycles. The molecule has 0 amide bonds. The van der Waals surface area contributed by atoms with Crippen molar-refractivity contribution < 1.29 is 19.1 Å². The maximum atomic E-state index is 11.4. The number of rotatable bonds is 4. The number of benzene rings is 2. The molecule has 0 saturated heterocycles. The van der Waals surface area contributed by atoms with Gasteiger partial charge in [-0.2, -0.15) is 5.26 Å². The topological polar surface area (TPSA) is 76.4 Å². The Morgan fingerprint density at radius 1 is 0.913 bits per heavy atom. The first-order valence-electron chi connectivity index (χ1n) is 6.95. The Morgan fingerprint density at radius 2 is 1.43 bits per heavy atom. The average molecular weight is 309 g/mol. The molecule has 0 aliphatic heterocycles. The van der Waals surface area contributed by atoms with Crippen molar-refractivity contribution in [2.75, 3.05) is 0 Å². The van der Waals surface area contributed by atoms with E-state index in [0.29, 0.717) is 11.3 Å². The molecule has 5 nitrogen and oxygen atoms in total. The molecule has 116 valence electrons. The molecule has 0 bridgehead atoms. The average Bonchev–Trinajstić information content (AvgIpc) is 2.53. The van der Waals surface area contributed by atoms with Gasteiger partial charge in [0, 0.05) is 13.8 Å². The van der Waals surface area contributed by atoms with E-state index in [1.807, 2.05) is 6.07 Å². The maximum Gasteiger partial charge on any atom is 0.308 e. The summed E-state index contributed by atoms with van der Waals surface area (Å²) < 4.78 is 10.4. The highest BCUT2D eigenvalue weighted by molar-refractivity contribution is 5.69. The van der Waals surface area contributed by atoms with Crippen molar-refractivity contribution in [3.8, 4) is 11.8 Å². The molecular weight excluding hydrogens is 294 g/mol. The molecule has 5 heteroatoms. The molecule has 0 aromatic heterocycles. The predicted octanol–water partition coefficient (Wildman–Crippen LogP) is 3.14. The summed E-state index contributed by atoms with van der Waals surface area (Å²) in [6.07, 6.45) is -0.591. The number of nitriles is 1. The minimum Gasteiger partial charge on any atom is -0.453 e. The van der Waals surface area contributed by atoms with E-state index in [2.05, 4.69) is 0 Å². The van der Waals surface area contributed by atoms with Gasteiger partial charge < -0.3 is 9.47 Å². The highest BCUT2D eigenvalue weighted by Gasteiger charge is 2.17. The Bertz CT molecular complexity index is 742. The summed E-state index contributed by atoms with van der Waals surface area (Å²) in [4.78, 5) is 22.3. The summed E-state index contributed by atoms with van der Waals surface area (Å²) in [6, 6.07) is 15.6.